The van der Waals surface area contributed by atoms with Crippen LogP contribution >= 0.6 is 27.3 Å². The summed E-state index contributed by atoms with van der Waals surface area (Å²) in [6.45, 7) is 0. The van der Waals surface area contributed by atoms with Gasteiger partial charge >= 0.3 is 0 Å². The second-order valence-corrected chi connectivity index (χ2v) is 7.31. The quantitative estimate of drug-likeness (QED) is 0.924. The monoisotopic (exact) mass is 297 g/mol. The highest BCUT2D eigenvalue weighted by Crippen LogP contribution is 2.26. The molecule has 3 nitrogen and oxygen atoms in total. The number of sulfone groups is 1. The molecule has 0 bridgehead atoms. The number of nitrogens with two attached hydrogens (primary N) is 1. The maximum Gasteiger partial charge on any atom is 0.147 e. The predicted molar refractivity (Wildman–Crippen MR) is 63.3 cm³/mol. The lowest BCUT2D eigenvalue weighted by molar-refractivity contribution is 0.592. The van der Waals surface area contributed by atoms with Crippen molar-refractivity contribution in [3.63, 3.8) is 0 Å². The lowest BCUT2D eigenvalue weighted by Crippen LogP contribution is -2.14. The van der Waals surface area contributed by atoms with Crippen LogP contribution in [0.5, 0.6) is 0 Å². The van der Waals surface area contributed by atoms with Gasteiger partial charge in [0.25, 0.3) is 0 Å². The summed E-state index contributed by atoms with van der Waals surface area (Å²) in [5.74, 6) is 0.143. The molecular formula is C8H12BrNO2S2. The van der Waals surface area contributed by atoms with E-state index < -0.39 is 9.84 Å². The number of hydrogen-bond donors (Lipinski definition) is 1. The zero-order chi connectivity index (χ0) is 10.8. The molecule has 0 saturated carbocycles. The summed E-state index contributed by atoms with van der Waals surface area (Å²) < 4.78 is 22.8. The Labute approximate surface area is 96.4 Å². The van der Waals surface area contributed by atoms with Crippen molar-refractivity contribution in [3.05, 3.63) is 20.8 Å². The highest BCUT2D eigenvalue weighted by atomic mass is 79.9. The Morgan fingerprint density at radius 2 is 2.29 bits per heavy atom. The maximum atomic E-state index is 10.9. The molecule has 1 aromatic rings. The average Bonchev–Trinajstić information content (AvgIpc) is 2.46. The highest BCUT2D eigenvalue weighted by molar-refractivity contribution is 9.10. The van der Waals surface area contributed by atoms with E-state index in [2.05, 4.69) is 15.9 Å². The van der Waals surface area contributed by atoms with Crippen LogP contribution in [-0.4, -0.2) is 20.4 Å². The Hall–Kier alpha value is 0.0900. The van der Waals surface area contributed by atoms with Gasteiger partial charge in [-0.2, -0.15) is 0 Å². The van der Waals surface area contributed by atoms with Crippen molar-refractivity contribution in [1.29, 1.82) is 0 Å². The fourth-order valence-corrected chi connectivity index (χ4v) is 3.17. The van der Waals surface area contributed by atoms with Gasteiger partial charge in [-0.05, 0) is 28.4 Å². The zero-order valence-electron chi connectivity index (χ0n) is 7.73. The molecule has 80 valence electrons. The van der Waals surface area contributed by atoms with Crippen molar-refractivity contribution in [2.24, 2.45) is 5.73 Å². The van der Waals surface area contributed by atoms with Crippen molar-refractivity contribution in [1.82, 2.24) is 0 Å². The first-order valence-corrected chi connectivity index (χ1v) is 7.79. The maximum absolute atomic E-state index is 10.9. The minimum absolute atomic E-state index is 0.143. The van der Waals surface area contributed by atoms with Gasteiger partial charge in [0.05, 0.1) is 5.75 Å². The number of rotatable bonds is 4. The van der Waals surface area contributed by atoms with Crippen LogP contribution < -0.4 is 5.73 Å². The molecule has 0 aliphatic heterocycles. The van der Waals surface area contributed by atoms with Crippen LogP contribution in [0.2, 0.25) is 0 Å². The number of halogens is 1. The number of hydrogen-bond acceptors (Lipinski definition) is 4. The van der Waals surface area contributed by atoms with Crippen molar-refractivity contribution in [3.8, 4) is 0 Å². The molecule has 0 aliphatic rings. The third kappa shape index (κ3) is 4.08. The average molecular weight is 298 g/mol. The van der Waals surface area contributed by atoms with Gasteiger partial charge in [0, 0.05) is 27.0 Å². The molecule has 0 aromatic carbocycles. The van der Waals surface area contributed by atoms with Crippen LogP contribution in [-0.2, 0) is 9.84 Å². The minimum Gasteiger partial charge on any atom is -0.323 e. The fraction of sp³-hybridized carbons (Fsp3) is 0.500. The van der Waals surface area contributed by atoms with E-state index in [1.165, 1.54) is 6.26 Å². The van der Waals surface area contributed by atoms with E-state index >= 15 is 0 Å². The molecule has 1 atom stereocenters. The second-order valence-electron chi connectivity index (χ2n) is 3.19. The third-order valence-electron chi connectivity index (χ3n) is 1.75. The summed E-state index contributed by atoms with van der Waals surface area (Å²) in [4.78, 5) is 1.01. The molecule has 6 heteroatoms. The topological polar surface area (TPSA) is 60.2 Å². The number of thiophene rings is 1. The van der Waals surface area contributed by atoms with Crippen molar-refractivity contribution in [2.45, 2.75) is 12.5 Å². The molecule has 14 heavy (non-hydrogen) atoms. The van der Waals surface area contributed by atoms with Crippen molar-refractivity contribution in [2.75, 3.05) is 12.0 Å². The third-order valence-corrected chi connectivity index (χ3v) is 4.56. The first-order valence-electron chi connectivity index (χ1n) is 4.06. The summed E-state index contributed by atoms with van der Waals surface area (Å²) in [6.07, 6.45) is 1.70. The first kappa shape index (κ1) is 12.2. The molecule has 0 amide bonds. The summed E-state index contributed by atoms with van der Waals surface area (Å²) >= 11 is 4.87. The summed E-state index contributed by atoms with van der Waals surface area (Å²) in [6, 6.07) is 1.75. The highest BCUT2D eigenvalue weighted by Gasteiger charge is 2.11. The SMILES string of the molecule is CS(=O)(=O)CCC(N)c1cc(Br)cs1. The van der Waals surface area contributed by atoms with Crippen LogP contribution in [0.15, 0.2) is 15.9 Å². The van der Waals surface area contributed by atoms with Crippen LogP contribution in [0.25, 0.3) is 0 Å². The lowest BCUT2D eigenvalue weighted by Gasteiger charge is -2.07. The van der Waals surface area contributed by atoms with Gasteiger partial charge in [0.2, 0.25) is 0 Å². The summed E-state index contributed by atoms with van der Waals surface area (Å²) in [5, 5.41) is 1.94. The Kier molecular flexibility index (Phi) is 4.12. The molecule has 0 radical (unpaired) electrons. The molecule has 1 unspecified atom stereocenters. The van der Waals surface area contributed by atoms with Crippen LogP contribution in [0.1, 0.15) is 17.3 Å². The fourth-order valence-electron chi connectivity index (χ4n) is 1.01. The zero-order valence-corrected chi connectivity index (χ0v) is 11.0. The van der Waals surface area contributed by atoms with Gasteiger partial charge < -0.3 is 5.73 Å². The molecule has 0 saturated heterocycles. The minimum atomic E-state index is -2.91. The second kappa shape index (κ2) is 4.74. The van der Waals surface area contributed by atoms with Crippen LogP contribution in [0, 0.1) is 0 Å². The Bertz CT molecular complexity index is 399. The van der Waals surface area contributed by atoms with Gasteiger partial charge in [-0.15, -0.1) is 11.3 Å². The smallest absolute Gasteiger partial charge is 0.147 e. The van der Waals surface area contributed by atoms with Gasteiger partial charge in [0.1, 0.15) is 9.84 Å². The Morgan fingerprint density at radius 3 is 2.71 bits per heavy atom. The lowest BCUT2D eigenvalue weighted by atomic mass is 10.2. The molecular weight excluding hydrogens is 286 g/mol. The molecule has 2 N–H and O–H groups in total. The van der Waals surface area contributed by atoms with E-state index in [9.17, 15) is 8.42 Å². The molecule has 0 fully saturated rings. The Balaban J connectivity index is 2.55. The molecule has 1 aromatic heterocycles. The van der Waals surface area contributed by atoms with E-state index in [1.807, 2.05) is 11.4 Å². The van der Waals surface area contributed by atoms with Crippen molar-refractivity contribution < 1.29 is 8.42 Å². The van der Waals surface area contributed by atoms with E-state index in [0.29, 0.717) is 6.42 Å². The summed E-state index contributed by atoms with van der Waals surface area (Å²) in [7, 11) is -2.91. The van der Waals surface area contributed by atoms with Gasteiger partial charge in [-0.25, -0.2) is 8.42 Å². The molecule has 0 aliphatic carbocycles. The van der Waals surface area contributed by atoms with Crippen LogP contribution in [0.3, 0.4) is 0 Å². The molecule has 1 heterocycles. The van der Waals surface area contributed by atoms with E-state index in [1.54, 1.807) is 11.3 Å². The molecule has 0 spiro atoms. The largest absolute Gasteiger partial charge is 0.323 e. The van der Waals surface area contributed by atoms with E-state index in [-0.39, 0.29) is 11.8 Å². The van der Waals surface area contributed by atoms with Crippen LogP contribution in [0.4, 0.5) is 0 Å². The van der Waals surface area contributed by atoms with E-state index in [0.717, 1.165) is 9.35 Å². The van der Waals surface area contributed by atoms with Gasteiger partial charge in [0.15, 0.2) is 0 Å². The van der Waals surface area contributed by atoms with Gasteiger partial charge in [-0.1, -0.05) is 0 Å². The van der Waals surface area contributed by atoms with Crippen molar-refractivity contribution >= 4 is 37.1 Å². The Morgan fingerprint density at radius 1 is 1.64 bits per heavy atom. The first-order chi connectivity index (χ1) is 6.38. The standard InChI is InChI=1S/C8H12BrNO2S2/c1-14(11,12)3-2-7(10)8-4-6(9)5-13-8/h4-5,7H,2-3,10H2,1H3. The summed E-state index contributed by atoms with van der Waals surface area (Å²) in [5.41, 5.74) is 5.84. The van der Waals surface area contributed by atoms with E-state index in [4.69, 9.17) is 5.73 Å². The predicted octanol–water partition coefficient (Wildman–Crippen LogP) is 1.95. The van der Waals surface area contributed by atoms with Gasteiger partial charge in [-0.3, -0.25) is 0 Å². The molecule has 1 rings (SSSR count). The normalized spacial score (nSPS) is 14.2.